The Labute approximate surface area is 122 Å². The van der Waals surface area contributed by atoms with Crippen molar-refractivity contribution in [3.8, 4) is 0 Å². The van der Waals surface area contributed by atoms with Crippen LogP contribution in [0, 0.1) is 5.41 Å². The number of allylic oxidation sites excluding steroid dienone is 1. The molecule has 0 aliphatic heterocycles. The number of amides is 1. The van der Waals surface area contributed by atoms with Gasteiger partial charge in [-0.05, 0) is 18.6 Å². The molecule has 0 saturated heterocycles. The molecule has 0 saturated carbocycles. The van der Waals surface area contributed by atoms with Crippen LogP contribution in [-0.4, -0.2) is 24.1 Å². The first kappa shape index (κ1) is 16.3. The number of benzene rings is 1. The van der Waals surface area contributed by atoms with Crippen molar-refractivity contribution >= 4 is 5.91 Å². The minimum Gasteiger partial charge on any atom is -0.478 e. The summed E-state index contributed by atoms with van der Waals surface area (Å²) >= 11 is 0. The van der Waals surface area contributed by atoms with Crippen LogP contribution >= 0.6 is 0 Å². The zero-order chi connectivity index (χ0) is 15.2. The van der Waals surface area contributed by atoms with Gasteiger partial charge in [0.2, 0.25) is 0 Å². The van der Waals surface area contributed by atoms with E-state index in [0.29, 0.717) is 5.56 Å². The average molecular weight is 275 g/mol. The molecule has 1 aromatic carbocycles. The molecule has 0 radical (unpaired) electrons. The zero-order valence-corrected chi connectivity index (χ0v) is 13.1. The highest BCUT2D eigenvalue weighted by atomic mass is 16.5. The van der Waals surface area contributed by atoms with E-state index in [9.17, 15) is 4.79 Å². The molecule has 3 nitrogen and oxygen atoms in total. The molecular weight excluding hydrogens is 250 g/mol. The summed E-state index contributed by atoms with van der Waals surface area (Å²) in [6.45, 7) is 8.23. The van der Waals surface area contributed by atoms with E-state index in [-0.39, 0.29) is 17.6 Å². The van der Waals surface area contributed by atoms with E-state index in [1.165, 1.54) is 0 Å². The fourth-order valence-electron chi connectivity index (χ4n) is 1.99. The molecule has 0 aliphatic rings. The molecule has 0 aliphatic carbocycles. The van der Waals surface area contributed by atoms with E-state index >= 15 is 0 Å². The van der Waals surface area contributed by atoms with Gasteiger partial charge in [-0.25, -0.2) is 0 Å². The smallest absolute Gasteiger partial charge is 0.256 e. The Balaban J connectivity index is 2.90. The van der Waals surface area contributed by atoms with Crippen LogP contribution in [0.4, 0.5) is 0 Å². The Morgan fingerprint density at radius 1 is 1.30 bits per heavy atom. The van der Waals surface area contributed by atoms with Crippen LogP contribution in [0.25, 0.3) is 0 Å². The fourth-order valence-corrected chi connectivity index (χ4v) is 1.99. The van der Waals surface area contributed by atoms with Crippen molar-refractivity contribution in [1.82, 2.24) is 4.90 Å². The largest absolute Gasteiger partial charge is 0.478 e. The summed E-state index contributed by atoms with van der Waals surface area (Å²) in [5, 5.41) is 0. The van der Waals surface area contributed by atoms with Gasteiger partial charge in [-0.1, -0.05) is 52.0 Å². The molecule has 1 atom stereocenters. The van der Waals surface area contributed by atoms with Crippen molar-refractivity contribution in [2.75, 3.05) is 7.05 Å². The second kappa shape index (κ2) is 7.13. The first-order valence-electron chi connectivity index (χ1n) is 7.00. The standard InChI is InChI=1S/C17H25NO2/c1-6-7-13-20-16(17(2,3)4)18(5)15(19)14-11-9-8-10-12-14/h7-13,16H,6H2,1-5H3/b13-7+. The van der Waals surface area contributed by atoms with Crippen molar-refractivity contribution in [3.05, 3.63) is 48.2 Å². The minimum atomic E-state index is -0.307. The first-order chi connectivity index (χ1) is 9.38. The van der Waals surface area contributed by atoms with E-state index < -0.39 is 0 Å². The molecule has 0 bridgehead atoms. The van der Waals surface area contributed by atoms with Gasteiger partial charge in [-0.3, -0.25) is 4.79 Å². The molecule has 1 unspecified atom stereocenters. The predicted molar refractivity (Wildman–Crippen MR) is 82.3 cm³/mol. The van der Waals surface area contributed by atoms with Gasteiger partial charge in [0, 0.05) is 18.0 Å². The highest BCUT2D eigenvalue weighted by Gasteiger charge is 2.32. The maximum absolute atomic E-state index is 12.5. The quantitative estimate of drug-likeness (QED) is 0.599. The molecule has 0 aromatic heterocycles. The zero-order valence-electron chi connectivity index (χ0n) is 13.1. The van der Waals surface area contributed by atoms with Gasteiger partial charge >= 0.3 is 0 Å². The van der Waals surface area contributed by atoms with E-state index in [1.54, 1.807) is 18.2 Å². The van der Waals surface area contributed by atoms with E-state index in [0.717, 1.165) is 6.42 Å². The second-order valence-corrected chi connectivity index (χ2v) is 5.92. The van der Waals surface area contributed by atoms with Gasteiger partial charge < -0.3 is 9.64 Å². The Morgan fingerprint density at radius 3 is 2.40 bits per heavy atom. The number of nitrogens with zero attached hydrogens (tertiary/aromatic N) is 1. The van der Waals surface area contributed by atoms with Crippen LogP contribution < -0.4 is 0 Å². The fraction of sp³-hybridized carbons (Fsp3) is 0.471. The summed E-state index contributed by atoms with van der Waals surface area (Å²) in [6, 6.07) is 9.27. The molecule has 20 heavy (non-hydrogen) atoms. The Hall–Kier alpha value is -1.77. The molecule has 110 valence electrons. The van der Waals surface area contributed by atoms with Crippen LogP contribution in [0.2, 0.25) is 0 Å². The molecule has 0 spiro atoms. The van der Waals surface area contributed by atoms with Gasteiger partial charge in [-0.2, -0.15) is 0 Å². The van der Waals surface area contributed by atoms with Crippen molar-refractivity contribution in [1.29, 1.82) is 0 Å². The first-order valence-corrected chi connectivity index (χ1v) is 7.00. The highest BCUT2D eigenvalue weighted by Crippen LogP contribution is 2.26. The molecule has 1 aromatic rings. The van der Waals surface area contributed by atoms with Crippen LogP contribution in [0.1, 0.15) is 44.5 Å². The Kier molecular flexibility index (Phi) is 5.81. The lowest BCUT2D eigenvalue weighted by Gasteiger charge is -2.36. The summed E-state index contributed by atoms with van der Waals surface area (Å²) in [7, 11) is 1.78. The topological polar surface area (TPSA) is 29.5 Å². The summed E-state index contributed by atoms with van der Waals surface area (Å²) in [5.41, 5.74) is 0.504. The molecule has 1 rings (SSSR count). The summed E-state index contributed by atoms with van der Waals surface area (Å²) < 4.78 is 5.78. The molecule has 0 fully saturated rings. The second-order valence-electron chi connectivity index (χ2n) is 5.92. The van der Waals surface area contributed by atoms with E-state index in [2.05, 4.69) is 20.8 Å². The third kappa shape index (κ3) is 4.41. The molecule has 0 heterocycles. The summed E-state index contributed by atoms with van der Waals surface area (Å²) in [5.74, 6) is -0.0320. The van der Waals surface area contributed by atoms with Crippen molar-refractivity contribution in [2.45, 2.75) is 40.3 Å². The van der Waals surface area contributed by atoms with Crippen molar-refractivity contribution in [3.63, 3.8) is 0 Å². The van der Waals surface area contributed by atoms with Gasteiger partial charge in [0.15, 0.2) is 6.23 Å². The Morgan fingerprint density at radius 2 is 1.90 bits per heavy atom. The number of hydrogen-bond acceptors (Lipinski definition) is 2. The van der Waals surface area contributed by atoms with Crippen molar-refractivity contribution in [2.24, 2.45) is 5.41 Å². The van der Waals surface area contributed by atoms with Crippen LogP contribution in [0.3, 0.4) is 0 Å². The molecule has 3 heteroatoms. The number of hydrogen-bond donors (Lipinski definition) is 0. The van der Waals surface area contributed by atoms with E-state index in [1.807, 2.05) is 43.3 Å². The number of rotatable bonds is 5. The molecular formula is C17H25NO2. The average Bonchev–Trinajstić information content (AvgIpc) is 2.42. The van der Waals surface area contributed by atoms with Crippen LogP contribution in [0.15, 0.2) is 42.7 Å². The van der Waals surface area contributed by atoms with Gasteiger partial charge in [0.25, 0.3) is 5.91 Å². The third-order valence-corrected chi connectivity index (χ3v) is 2.97. The van der Waals surface area contributed by atoms with Gasteiger partial charge in [-0.15, -0.1) is 0 Å². The highest BCUT2D eigenvalue weighted by molar-refractivity contribution is 5.94. The summed E-state index contributed by atoms with van der Waals surface area (Å²) in [6.07, 6.45) is 4.23. The lowest BCUT2D eigenvalue weighted by Crippen LogP contribution is -2.46. The molecule has 0 N–H and O–H groups in total. The molecule has 1 amide bonds. The maximum atomic E-state index is 12.5. The van der Waals surface area contributed by atoms with Crippen LogP contribution in [0.5, 0.6) is 0 Å². The lowest BCUT2D eigenvalue weighted by molar-refractivity contribution is -0.0520. The van der Waals surface area contributed by atoms with Gasteiger partial charge in [0.05, 0.1) is 6.26 Å². The number of carbonyl (C=O) groups is 1. The summed E-state index contributed by atoms with van der Waals surface area (Å²) in [4.78, 5) is 14.1. The van der Waals surface area contributed by atoms with Gasteiger partial charge in [0.1, 0.15) is 0 Å². The minimum absolute atomic E-state index is 0.0320. The monoisotopic (exact) mass is 275 g/mol. The lowest BCUT2D eigenvalue weighted by atomic mass is 9.93. The number of ether oxygens (including phenoxy) is 1. The van der Waals surface area contributed by atoms with Crippen LogP contribution in [-0.2, 0) is 4.74 Å². The normalized spacial score (nSPS) is 13.2. The van der Waals surface area contributed by atoms with Crippen molar-refractivity contribution < 1.29 is 9.53 Å². The number of carbonyl (C=O) groups excluding carboxylic acids is 1. The Bertz CT molecular complexity index is 446. The van der Waals surface area contributed by atoms with E-state index in [4.69, 9.17) is 4.74 Å². The SMILES string of the molecule is CC/C=C/OC(N(C)C(=O)c1ccccc1)C(C)(C)C. The maximum Gasteiger partial charge on any atom is 0.256 e. The predicted octanol–water partition coefficient (Wildman–Crippen LogP) is 4.07. The third-order valence-electron chi connectivity index (χ3n) is 2.97.